The molecule has 3 N–H and O–H groups in total. The maximum atomic E-state index is 13.0. The number of carbonyl (C=O) groups is 1. The van der Waals surface area contributed by atoms with E-state index in [-0.39, 0.29) is 18.1 Å². The third-order valence-electron chi connectivity index (χ3n) is 7.44. The van der Waals surface area contributed by atoms with Gasteiger partial charge in [-0.25, -0.2) is 4.98 Å². The minimum absolute atomic E-state index is 0.139. The van der Waals surface area contributed by atoms with E-state index in [0.717, 1.165) is 55.8 Å². The number of nitrogen functional groups attached to an aromatic ring is 1. The lowest BCUT2D eigenvalue weighted by atomic mass is 9.83. The van der Waals surface area contributed by atoms with Gasteiger partial charge in [0.2, 0.25) is 0 Å². The van der Waals surface area contributed by atoms with Crippen molar-refractivity contribution in [2.75, 3.05) is 5.73 Å². The molecule has 6 rings (SSSR count). The van der Waals surface area contributed by atoms with Gasteiger partial charge >= 0.3 is 0 Å². The van der Waals surface area contributed by atoms with Crippen molar-refractivity contribution in [1.29, 1.82) is 5.26 Å². The Morgan fingerprint density at radius 2 is 1.70 bits per heavy atom. The summed E-state index contributed by atoms with van der Waals surface area (Å²) in [5, 5.41) is 12.7. The third kappa shape index (κ3) is 3.76. The van der Waals surface area contributed by atoms with E-state index in [9.17, 15) is 10.1 Å². The van der Waals surface area contributed by atoms with Gasteiger partial charge in [0, 0.05) is 17.8 Å². The molecular formula is C31H26N4O2. The number of nitrogens with zero attached hydrogens (tertiary/aromatic N) is 2. The fraction of sp³-hybridized carbons (Fsp3) is 0.194. The Balaban J connectivity index is 1.26. The van der Waals surface area contributed by atoms with Crippen LogP contribution < -0.4 is 11.1 Å². The van der Waals surface area contributed by atoms with Crippen molar-refractivity contribution in [2.45, 2.75) is 39.5 Å². The van der Waals surface area contributed by atoms with Crippen LogP contribution in [0, 0.1) is 32.1 Å². The zero-order valence-electron chi connectivity index (χ0n) is 20.9. The summed E-state index contributed by atoms with van der Waals surface area (Å²) < 4.78 is 6.37. The monoisotopic (exact) mass is 486 g/mol. The lowest BCUT2D eigenvalue weighted by Crippen LogP contribution is -2.24. The number of carbonyl (C=O) groups excluding carboxylic acids is 1. The smallest absolute Gasteiger partial charge is 0.251 e. The minimum Gasteiger partial charge on any atom is -0.384 e. The van der Waals surface area contributed by atoms with E-state index in [1.54, 1.807) is 0 Å². The number of nitrogens with one attached hydrogen (secondary N) is 1. The molecule has 3 aromatic carbocycles. The largest absolute Gasteiger partial charge is 0.384 e. The second-order valence-electron chi connectivity index (χ2n) is 9.86. The number of benzene rings is 3. The fourth-order valence-corrected chi connectivity index (χ4v) is 5.58. The first-order valence-corrected chi connectivity index (χ1v) is 12.3. The van der Waals surface area contributed by atoms with Crippen molar-refractivity contribution in [1.82, 2.24) is 10.3 Å². The van der Waals surface area contributed by atoms with Crippen LogP contribution in [0.25, 0.3) is 11.1 Å². The van der Waals surface area contributed by atoms with E-state index < -0.39 is 0 Å². The highest BCUT2D eigenvalue weighted by Crippen LogP contribution is 2.54. The molecule has 1 aromatic heterocycles. The molecule has 2 atom stereocenters. The number of hydrogen-bond acceptors (Lipinski definition) is 5. The normalized spacial score (nSPS) is 16.7. The lowest BCUT2D eigenvalue weighted by molar-refractivity contribution is 0.0857. The van der Waals surface area contributed by atoms with Gasteiger partial charge in [-0.3, -0.25) is 4.79 Å². The maximum Gasteiger partial charge on any atom is 0.251 e. The van der Waals surface area contributed by atoms with Gasteiger partial charge < -0.3 is 15.8 Å². The number of anilines is 1. The van der Waals surface area contributed by atoms with Crippen LogP contribution in [0.4, 0.5) is 5.82 Å². The van der Waals surface area contributed by atoms with Gasteiger partial charge in [-0.2, -0.15) is 5.26 Å². The highest BCUT2D eigenvalue weighted by molar-refractivity contribution is 5.94. The number of aryl methyl sites for hydroxylation is 3. The third-order valence-corrected chi connectivity index (χ3v) is 7.44. The van der Waals surface area contributed by atoms with E-state index in [2.05, 4.69) is 34.6 Å². The number of nitrogens with two attached hydrogens (primary N) is 1. The van der Waals surface area contributed by atoms with Crippen LogP contribution in [0.5, 0.6) is 0 Å². The number of amides is 1. The van der Waals surface area contributed by atoms with E-state index >= 15 is 0 Å². The molecule has 2 unspecified atom stereocenters. The maximum absolute atomic E-state index is 13.0. The van der Waals surface area contributed by atoms with Crippen molar-refractivity contribution in [3.63, 3.8) is 0 Å². The zero-order valence-corrected chi connectivity index (χ0v) is 20.9. The summed E-state index contributed by atoms with van der Waals surface area (Å²) in [4.78, 5) is 17.3. The van der Waals surface area contributed by atoms with E-state index in [0.29, 0.717) is 23.5 Å². The quantitative estimate of drug-likeness (QED) is 0.392. The second-order valence-corrected chi connectivity index (χ2v) is 9.86. The highest BCUT2D eigenvalue weighted by Gasteiger charge is 2.43. The van der Waals surface area contributed by atoms with Crippen molar-refractivity contribution >= 4 is 11.7 Å². The van der Waals surface area contributed by atoms with Gasteiger partial charge in [0.1, 0.15) is 18.0 Å². The molecule has 6 heteroatoms. The highest BCUT2D eigenvalue weighted by atomic mass is 16.5. The molecule has 0 radical (unpaired) electrons. The molecule has 0 saturated carbocycles. The molecule has 0 spiro atoms. The van der Waals surface area contributed by atoms with Gasteiger partial charge in [0.25, 0.3) is 5.91 Å². The summed E-state index contributed by atoms with van der Waals surface area (Å²) in [5.41, 5.74) is 17.3. The molecule has 37 heavy (non-hydrogen) atoms. The molecule has 2 bridgehead atoms. The van der Waals surface area contributed by atoms with Crippen molar-refractivity contribution < 1.29 is 9.53 Å². The van der Waals surface area contributed by atoms with Gasteiger partial charge in [0.15, 0.2) is 0 Å². The first-order valence-electron chi connectivity index (χ1n) is 12.3. The number of fused-ring (bicyclic) bond motifs is 8. The number of ether oxygens (including phenoxy) is 1. The standard InChI is InChI=1S/C31H26N4O2/c1-16-4-7-22(21(10-16)14-32)19-5-8-23-25(12-19)29-24-9-6-20(13-26(24)30(23)37-29)31(36)34-15-27-17(2)11-28(33)35-18(27)3/h4-13,29-30H,15H2,1-3H3,(H2,33,35)(H,34,36). The Kier molecular flexibility index (Phi) is 5.32. The van der Waals surface area contributed by atoms with Crippen molar-refractivity contribution in [3.05, 3.63) is 116 Å². The van der Waals surface area contributed by atoms with Crippen LogP contribution in [-0.2, 0) is 11.3 Å². The molecule has 2 aliphatic rings. The Hall–Kier alpha value is -4.47. The van der Waals surface area contributed by atoms with Crippen LogP contribution in [0.3, 0.4) is 0 Å². The minimum atomic E-state index is -0.198. The second kappa shape index (κ2) is 8.58. The van der Waals surface area contributed by atoms with Crippen molar-refractivity contribution in [2.24, 2.45) is 0 Å². The zero-order chi connectivity index (χ0) is 25.8. The number of aromatic nitrogens is 1. The molecule has 0 aliphatic carbocycles. The predicted octanol–water partition coefficient (Wildman–Crippen LogP) is 5.58. The van der Waals surface area contributed by atoms with Crippen LogP contribution in [0.2, 0.25) is 0 Å². The average Bonchev–Trinajstić information content (AvgIpc) is 3.44. The van der Waals surface area contributed by atoms with Crippen molar-refractivity contribution in [3.8, 4) is 17.2 Å². The SMILES string of the molecule is Cc1ccc(-c2ccc3c(c2)C2OC3c3cc(C(=O)NCc4c(C)cc(N)nc4C)ccc32)c(C#N)c1. The predicted molar refractivity (Wildman–Crippen MR) is 142 cm³/mol. The van der Waals surface area contributed by atoms with E-state index in [1.165, 1.54) is 0 Å². The van der Waals surface area contributed by atoms with Crippen LogP contribution in [0.15, 0.2) is 60.7 Å². The van der Waals surface area contributed by atoms with Gasteiger partial charge in [-0.05, 0) is 101 Å². The molecule has 0 saturated heterocycles. The molecular weight excluding hydrogens is 460 g/mol. The molecule has 1 amide bonds. The first kappa shape index (κ1) is 23.0. The summed E-state index contributed by atoms with van der Waals surface area (Å²) in [6.45, 7) is 6.25. The molecule has 4 aromatic rings. The molecule has 182 valence electrons. The Bertz CT molecular complexity index is 1630. The van der Waals surface area contributed by atoms with Gasteiger partial charge in [-0.1, -0.05) is 30.3 Å². The Labute approximate surface area is 215 Å². The first-order chi connectivity index (χ1) is 17.8. The topological polar surface area (TPSA) is 101 Å². The summed E-state index contributed by atoms with van der Waals surface area (Å²) in [6.07, 6.45) is -0.370. The Morgan fingerprint density at radius 3 is 2.43 bits per heavy atom. The fourth-order valence-electron chi connectivity index (χ4n) is 5.58. The summed E-state index contributed by atoms with van der Waals surface area (Å²) in [7, 11) is 0. The van der Waals surface area contributed by atoms with E-state index in [1.807, 2.05) is 63.2 Å². The molecule has 2 aliphatic heterocycles. The number of hydrogen-bond donors (Lipinski definition) is 2. The summed E-state index contributed by atoms with van der Waals surface area (Å²) in [5.74, 6) is 0.343. The number of nitriles is 1. The van der Waals surface area contributed by atoms with E-state index in [4.69, 9.17) is 10.5 Å². The van der Waals surface area contributed by atoms with Crippen LogP contribution >= 0.6 is 0 Å². The molecule has 0 fully saturated rings. The lowest BCUT2D eigenvalue weighted by Gasteiger charge is -2.18. The average molecular weight is 487 g/mol. The van der Waals surface area contributed by atoms with Gasteiger partial charge in [-0.15, -0.1) is 0 Å². The summed E-state index contributed by atoms with van der Waals surface area (Å²) >= 11 is 0. The summed E-state index contributed by atoms with van der Waals surface area (Å²) in [6, 6.07) is 22.2. The van der Waals surface area contributed by atoms with Crippen LogP contribution in [-0.4, -0.2) is 10.9 Å². The number of rotatable bonds is 4. The van der Waals surface area contributed by atoms with Gasteiger partial charge in [0.05, 0.1) is 11.6 Å². The molecule has 3 heterocycles. The van der Waals surface area contributed by atoms with Crippen LogP contribution in [0.1, 0.15) is 72.8 Å². The Morgan fingerprint density at radius 1 is 0.973 bits per heavy atom. The number of pyridine rings is 1. The molecule has 6 nitrogen and oxygen atoms in total.